The summed E-state index contributed by atoms with van der Waals surface area (Å²) in [7, 11) is 0. The van der Waals surface area contributed by atoms with Crippen LogP contribution in [-0.4, -0.2) is 11.7 Å². The fourth-order valence-electron chi connectivity index (χ4n) is 2.27. The number of aryl methyl sites for hydroxylation is 1. The summed E-state index contributed by atoms with van der Waals surface area (Å²) in [5.74, 6) is -0.207. The van der Waals surface area contributed by atoms with Gasteiger partial charge in [-0.1, -0.05) is 36.4 Å². The van der Waals surface area contributed by atoms with E-state index in [1.54, 1.807) is 6.07 Å². The van der Waals surface area contributed by atoms with Crippen LogP contribution in [0.25, 0.3) is 0 Å². The van der Waals surface area contributed by atoms with Crippen LogP contribution in [0.5, 0.6) is 0 Å². The molecule has 18 heavy (non-hydrogen) atoms. The maximum absolute atomic E-state index is 13.1. The Morgan fingerprint density at radius 3 is 2.56 bits per heavy atom. The topological polar surface area (TPSA) is 20.2 Å². The van der Waals surface area contributed by atoms with Gasteiger partial charge >= 0.3 is 0 Å². The third kappa shape index (κ3) is 2.96. The van der Waals surface area contributed by atoms with Crippen LogP contribution < -0.4 is 0 Å². The van der Waals surface area contributed by atoms with Crippen molar-refractivity contribution in [1.29, 1.82) is 0 Å². The maximum atomic E-state index is 13.1. The van der Waals surface area contributed by atoms with Crippen molar-refractivity contribution in [3.8, 4) is 0 Å². The summed E-state index contributed by atoms with van der Waals surface area (Å²) in [4.78, 5) is 0. The molecule has 0 aliphatic carbocycles. The predicted molar refractivity (Wildman–Crippen MR) is 71.1 cm³/mol. The number of aliphatic hydroxyl groups is 1. The van der Waals surface area contributed by atoms with Gasteiger partial charge < -0.3 is 5.11 Å². The summed E-state index contributed by atoms with van der Waals surface area (Å²) in [6.07, 6.45) is 0.652. The van der Waals surface area contributed by atoms with Crippen molar-refractivity contribution in [2.45, 2.75) is 19.3 Å². The van der Waals surface area contributed by atoms with Gasteiger partial charge in [0.25, 0.3) is 0 Å². The van der Waals surface area contributed by atoms with Crippen LogP contribution in [0.4, 0.5) is 4.39 Å². The van der Waals surface area contributed by atoms with Gasteiger partial charge in [-0.15, -0.1) is 0 Å². The third-order valence-electron chi connectivity index (χ3n) is 3.22. The van der Waals surface area contributed by atoms with Gasteiger partial charge in [-0.2, -0.15) is 0 Å². The Bertz CT molecular complexity index is 522. The van der Waals surface area contributed by atoms with Gasteiger partial charge in [0.2, 0.25) is 0 Å². The molecule has 0 amide bonds. The van der Waals surface area contributed by atoms with Crippen molar-refractivity contribution in [1.82, 2.24) is 0 Å². The van der Waals surface area contributed by atoms with E-state index in [0.29, 0.717) is 6.42 Å². The highest BCUT2D eigenvalue weighted by Crippen LogP contribution is 2.23. The molecule has 0 bridgehead atoms. The van der Waals surface area contributed by atoms with Crippen LogP contribution in [0.2, 0.25) is 0 Å². The van der Waals surface area contributed by atoms with Crippen molar-refractivity contribution < 1.29 is 9.50 Å². The van der Waals surface area contributed by atoms with Crippen LogP contribution in [0, 0.1) is 12.7 Å². The molecule has 94 valence electrons. The first kappa shape index (κ1) is 12.8. The smallest absolute Gasteiger partial charge is 0.123 e. The standard InChI is InChI=1S/C16H17FO/c1-12-5-2-3-8-16(12)14(11-18)9-13-6-4-7-15(17)10-13/h2-8,10,14,18H,9,11H2,1H3. The van der Waals surface area contributed by atoms with Gasteiger partial charge in [-0.3, -0.25) is 0 Å². The molecule has 0 aromatic heterocycles. The first-order valence-corrected chi connectivity index (χ1v) is 6.11. The van der Waals surface area contributed by atoms with Crippen LogP contribution in [-0.2, 0) is 6.42 Å². The van der Waals surface area contributed by atoms with Crippen LogP contribution in [0.15, 0.2) is 48.5 Å². The molecule has 2 rings (SSSR count). The fourth-order valence-corrected chi connectivity index (χ4v) is 2.27. The molecule has 0 aliphatic heterocycles. The van der Waals surface area contributed by atoms with E-state index >= 15 is 0 Å². The molecule has 0 radical (unpaired) electrons. The molecule has 0 spiro atoms. The molecule has 0 saturated heterocycles. The highest BCUT2D eigenvalue weighted by molar-refractivity contribution is 5.31. The molecule has 0 saturated carbocycles. The number of hydrogen-bond donors (Lipinski definition) is 1. The second-order valence-corrected chi connectivity index (χ2v) is 4.57. The van der Waals surface area contributed by atoms with Crippen molar-refractivity contribution in [2.24, 2.45) is 0 Å². The lowest BCUT2D eigenvalue weighted by molar-refractivity contribution is 0.264. The van der Waals surface area contributed by atoms with Crippen molar-refractivity contribution in [3.05, 3.63) is 71.0 Å². The molecule has 2 aromatic rings. The Kier molecular flexibility index (Phi) is 4.11. The number of aliphatic hydroxyl groups excluding tert-OH is 1. The second kappa shape index (κ2) is 5.78. The van der Waals surface area contributed by atoms with Crippen molar-refractivity contribution in [2.75, 3.05) is 6.61 Å². The molecule has 1 nitrogen and oxygen atoms in total. The van der Waals surface area contributed by atoms with Gasteiger partial charge in [0.1, 0.15) is 5.82 Å². The minimum Gasteiger partial charge on any atom is -0.396 e. The van der Waals surface area contributed by atoms with E-state index in [0.717, 1.165) is 16.7 Å². The van der Waals surface area contributed by atoms with Crippen LogP contribution >= 0.6 is 0 Å². The monoisotopic (exact) mass is 244 g/mol. The van der Waals surface area contributed by atoms with E-state index in [9.17, 15) is 9.50 Å². The zero-order valence-electron chi connectivity index (χ0n) is 10.4. The highest BCUT2D eigenvalue weighted by atomic mass is 19.1. The van der Waals surface area contributed by atoms with E-state index in [-0.39, 0.29) is 18.3 Å². The van der Waals surface area contributed by atoms with E-state index in [1.807, 2.05) is 37.3 Å². The van der Waals surface area contributed by atoms with Gasteiger partial charge in [-0.05, 0) is 42.2 Å². The Hall–Kier alpha value is -1.67. The molecule has 2 aromatic carbocycles. The first-order chi connectivity index (χ1) is 8.70. The second-order valence-electron chi connectivity index (χ2n) is 4.57. The molecule has 1 N–H and O–H groups in total. The van der Waals surface area contributed by atoms with Crippen LogP contribution in [0.1, 0.15) is 22.6 Å². The van der Waals surface area contributed by atoms with Crippen molar-refractivity contribution in [3.63, 3.8) is 0 Å². The predicted octanol–water partition coefficient (Wildman–Crippen LogP) is 3.45. The number of rotatable bonds is 4. The van der Waals surface area contributed by atoms with Gasteiger partial charge in [0.05, 0.1) is 6.61 Å². The Balaban J connectivity index is 2.23. The molecule has 0 heterocycles. The summed E-state index contributed by atoms with van der Waals surface area (Å²) in [6, 6.07) is 14.6. The summed E-state index contributed by atoms with van der Waals surface area (Å²) < 4.78 is 13.1. The molecule has 0 fully saturated rings. The third-order valence-corrected chi connectivity index (χ3v) is 3.22. The lowest BCUT2D eigenvalue weighted by Gasteiger charge is -2.17. The minimum absolute atomic E-state index is 0.0213. The molecule has 1 atom stereocenters. The quantitative estimate of drug-likeness (QED) is 0.873. The Morgan fingerprint density at radius 1 is 1.11 bits per heavy atom. The first-order valence-electron chi connectivity index (χ1n) is 6.11. The molecular formula is C16H17FO. The van der Waals surface area contributed by atoms with E-state index in [2.05, 4.69) is 0 Å². The molecule has 1 unspecified atom stereocenters. The highest BCUT2D eigenvalue weighted by Gasteiger charge is 2.13. The summed E-state index contributed by atoms with van der Waals surface area (Å²) in [6.45, 7) is 2.10. The average molecular weight is 244 g/mol. The molecule has 2 heteroatoms. The summed E-state index contributed by atoms with van der Waals surface area (Å²) >= 11 is 0. The normalized spacial score (nSPS) is 12.4. The number of halogens is 1. The number of benzene rings is 2. The van der Waals surface area contributed by atoms with Gasteiger partial charge in [0.15, 0.2) is 0 Å². The zero-order chi connectivity index (χ0) is 13.0. The lowest BCUT2D eigenvalue weighted by atomic mass is 9.90. The zero-order valence-corrected chi connectivity index (χ0v) is 10.4. The summed E-state index contributed by atoms with van der Waals surface area (Å²) in [5, 5.41) is 9.54. The van der Waals surface area contributed by atoms with Crippen LogP contribution in [0.3, 0.4) is 0 Å². The maximum Gasteiger partial charge on any atom is 0.123 e. The Labute approximate surface area is 107 Å². The minimum atomic E-state index is -0.228. The SMILES string of the molecule is Cc1ccccc1C(CO)Cc1cccc(F)c1. The molecule has 0 aliphatic rings. The average Bonchev–Trinajstić information content (AvgIpc) is 2.37. The fraction of sp³-hybridized carbons (Fsp3) is 0.250. The van der Waals surface area contributed by atoms with E-state index in [4.69, 9.17) is 0 Å². The Morgan fingerprint density at radius 2 is 1.89 bits per heavy atom. The summed E-state index contributed by atoms with van der Waals surface area (Å²) in [5.41, 5.74) is 3.20. The van der Waals surface area contributed by atoms with E-state index < -0.39 is 0 Å². The van der Waals surface area contributed by atoms with E-state index in [1.165, 1.54) is 12.1 Å². The number of hydrogen-bond acceptors (Lipinski definition) is 1. The van der Waals surface area contributed by atoms with Gasteiger partial charge in [0, 0.05) is 5.92 Å². The largest absolute Gasteiger partial charge is 0.396 e. The molecular weight excluding hydrogens is 227 g/mol. The lowest BCUT2D eigenvalue weighted by Crippen LogP contribution is -2.09. The van der Waals surface area contributed by atoms with Crippen molar-refractivity contribution >= 4 is 0 Å². The van der Waals surface area contributed by atoms with Gasteiger partial charge in [-0.25, -0.2) is 4.39 Å².